The lowest BCUT2D eigenvalue weighted by Crippen LogP contribution is -2.12. The lowest BCUT2D eigenvalue weighted by molar-refractivity contribution is 0.482. The maximum atomic E-state index is 6.66. The van der Waals surface area contributed by atoms with Crippen LogP contribution in [0.4, 0.5) is 0 Å². The van der Waals surface area contributed by atoms with Crippen molar-refractivity contribution < 1.29 is 4.74 Å². The molecule has 0 aliphatic rings. The number of aromatic nitrogens is 3. The number of aryl methyl sites for hydroxylation is 1. The van der Waals surface area contributed by atoms with Crippen LogP contribution in [-0.4, -0.2) is 14.5 Å². The molecule has 4 nitrogen and oxygen atoms in total. The van der Waals surface area contributed by atoms with Crippen LogP contribution in [-0.2, 0) is 10.8 Å². The first kappa shape index (κ1) is 31.5. The molecular formula is C43H39N3OS2. The van der Waals surface area contributed by atoms with Gasteiger partial charge in [0, 0.05) is 45.1 Å². The highest BCUT2D eigenvalue weighted by atomic mass is 32.1. The summed E-state index contributed by atoms with van der Waals surface area (Å²) in [6, 6.07) is 34.8. The summed E-state index contributed by atoms with van der Waals surface area (Å²) < 4.78 is 10.1. The Morgan fingerprint density at radius 2 is 1.37 bits per heavy atom. The Labute approximate surface area is 295 Å². The fourth-order valence-corrected chi connectivity index (χ4v) is 8.67. The molecule has 5 heterocycles. The lowest BCUT2D eigenvalue weighted by Gasteiger charge is -2.20. The maximum Gasteiger partial charge on any atom is 0.141 e. The van der Waals surface area contributed by atoms with Crippen molar-refractivity contribution in [1.29, 1.82) is 0 Å². The smallest absolute Gasteiger partial charge is 0.141 e. The van der Waals surface area contributed by atoms with Gasteiger partial charge in [0.1, 0.15) is 17.3 Å². The zero-order valence-corrected chi connectivity index (χ0v) is 30.6. The van der Waals surface area contributed by atoms with Gasteiger partial charge in [-0.25, -0.2) is 4.98 Å². The summed E-state index contributed by atoms with van der Waals surface area (Å²) in [7, 11) is 0. The number of fused-ring (bicyclic) bond motifs is 4. The second-order valence-electron chi connectivity index (χ2n) is 14.8. The van der Waals surface area contributed by atoms with Gasteiger partial charge in [0.05, 0.1) is 26.3 Å². The molecule has 0 saturated heterocycles. The zero-order chi connectivity index (χ0) is 34.1. The number of rotatable bonds is 5. The van der Waals surface area contributed by atoms with Crippen molar-refractivity contribution in [3.05, 3.63) is 125 Å². The molecule has 0 fully saturated rings. The van der Waals surface area contributed by atoms with E-state index in [9.17, 15) is 0 Å². The normalized spacial score (nSPS) is 12.4. The number of nitrogens with zero attached hydrogens (tertiary/aromatic N) is 3. The highest BCUT2D eigenvalue weighted by molar-refractivity contribution is 7.23. The van der Waals surface area contributed by atoms with Gasteiger partial charge in [0.2, 0.25) is 0 Å². The van der Waals surface area contributed by atoms with Crippen molar-refractivity contribution in [2.75, 3.05) is 0 Å². The van der Waals surface area contributed by atoms with Gasteiger partial charge in [0.25, 0.3) is 0 Å². The molecule has 0 bridgehead atoms. The molecule has 0 atom stereocenters. The molecule has 0 N–H and O–H groups in total. The Morgan fingerprint density at radius 3 is 2.14 bits per heavy atom. The van der Waals surface area contributed by atoms with Gasteiger partial charge in [-0.15, -0.1) is 22.7 Å². The number of hydrogen-bond donors (Lipinski definition) is 0. The van der Waals surface area contributed by atoms with E-state index in [1.807, 2.05) is 12.4 Å². The van der Waals surface area contributed by atoms with E-state index in [-0.39, 0.29) is 10.8 Å². The van der Waals surface area contributed by atoms with Crippen LogP contribution >= 0.6 is 22.7 Å². The van der Waals surface area contributed by atoms with Gasteiger partial charge in [-0.1, -0.05) is 84.0 Å². The third kappa shape index (κ3) is 5.73. The van der Waals surface area contributed by atoms with Crippen LogP contribution in [0.5, 0.6) is 11.5 Å². The number of pyridine rings is 2. The Morgan fingerprint density at radius 1 is 0.633 bits per heavy atom. The van der Waals surface area contributed by atoms with Crippen LogP contribution in [0.2, 0.25) is 0 Å². The summed E-state index contributed by atoms with van der Waals surface area (Å²) in [4.78, 5) is 13.2. The van der Waals surface area contributed by atoms with Crippen molar-refractivity contribution in [1.82, 2.24) is 14.5 Å². The molecule has 244 valence electrons. The van der Waals surface area contributed by atoms with E-state index >= 15 is 0 Å². The molecule has 0 spiro atoms. The second-order valence-corrected chi connectivity index (χ2v) is 17.1. The van der Waals surface area contributed by atoms with E-state index in [1.165, 1.54) is 42.4 Å². The van der Waals surface area contributed by atoms with E-state index in [2.05, 4.69) is 150 Å². The van der Waals surface area contributed by atoms with Crippen molar-refractivity contribution in [2.24, 2.45) is 0 Å². The summed E-state index contributed by atoms with van der Waals surface area (Å²) in [5.74, 6) is 2.55. The summed E-state index contributed by atoms with van der Waals surface area (Å²) in [5, 5.41) is 3.58. The fourth-order valence-electron chi connectivity index (χ4n) is 6.50. The SMILES string of the molecule is Cc1sc(-c2nccc3cc(-c4ccc(C(C)(C)C)cc4)sc23)cc1Oc1ccc2c3ccccc3n(-c3cc(C(C)(C)C)ccn3)c2c1. The zero-order valence-electron chi connectivity index (χ0n) is 29.0. The second kappa shape index (κ2) is 11.7. The summed E-state index contributed by atoms with van der Waals surface area (Å²) >= 11 is 3.53. The quantitative estimate of drug-likeness (QED) is 0.182. The first-order valence-corrected chi connectivity index (χ1v) is 18.4. The molecule has 8 rings (SSSR count). The van der Waals surface area contributed by atoms with Crippen LogP contribution in [0.25, 0.3) is 58.7 Å². The van der Waals surface area contributed by atoms with Gasteiger partial charge in [-0.3, -0.25) is 9.55 Å². The molecule has 3 aromatic carbocycles. The molecule has 5 aromatic heterocycles. The van der Waals surface area contributed by atoms with Crippen LogP contribution in [0.15, 0.2) is 109 Å². The van der Waals surface area contributed by atoms with E-state index in [0.29, 0.717) is 0 Å². The lowest BCUT2D eigenvalue weighted by atomic mass is 9.86. The maximum absolute atomic E-state index is 6.66. The van der Waals surface area contributed by atoms with Gasteiger partial charge in [0.15, 0.2) is 0 Å². The summed E-state index contributed by atoms with van der Waals surface area (Å²) in [5.41, 5.74) is 7.17. The van der Waals surface area contributed by atoms with E-state index in [0.717, 1.165) is 43.8 Å². The number of hydrogen-bond acceptors (Lipinski definition) is 5. The molecule has 8 aromatic rings. The molecule has 49 heavy (non-hydrogen) atoms. The first-order valence-electron chi connectivity index (χ1n) is 16.7. The van der Waals surface area contributed by atoms with Gasteiger partial charge in [-0.05, 0) is 82.3 Å². The highest BCUT2D eigenvalue weighted by Crippen LogP contribution is 2.44. The number of para-hydroxylation sites is 1. The average molecular weight is 678 g/mol. The van der Waals surface area contributed by atoms with Crippen LogP contribution in [0.3, 0.4) is 0 Å². The third-order valence-corrected chi connectivity index (χ3v) is 11.5. The predicted octanol–water partition coefficient (Wildman–Crippen LogP) is 12.9. The molecule has 0 unspecified atom stereocenters. The third-order valence-electron chi connectivity index (χ3n) is 9.29. The Kier molecular flexibility index (Phi) is 7.50. The van der Waals surface area contributed by atoms with Crippen LogP contribution in [0, 0.1) is 6.92 Å². The minimum Gasteiger partial charge on any atom is -0.456 e. The molecule has 6 heteroatoms. The number of benzene rings is 3. The van der Waals surface area contributed by atoms with Gasteiger partial charge >= 0.3 is 0 Å². The van der Waals surface area contributed by atoms with E-state index in [4.69, 9.17) is 14.7 Å². The largest absolute Gasteiger partial charge is 0.456 e. The Hall–Kier alpha value is -4.78. The van der Waals surface area contributed by atoms with Crippen molar-refractivity contribution in [3.63, 3.8) is 0 Å². The van der Waals surface area contributed by atoms with Crippen molar-refractivity contribution in [2.45, 2.75) is 59.3 Å². The summed E-state index contributed by atoms with van der Waals surface area (Å²) in [6.45, 7) is 15.6. The first-order chi connectivity index (χ1) is 23.4. The summed E-state index contributed by atoms with van der Waals surface area (Å²) in [6.07, 6.45) is 3.84. The van der Waals surface area contributed by atoms with Crippen LogP contribution < -0.4 is 4.74 Å². The Bertz CT molecular complexity index is 2500. The minimum absolute atomic E-state index is 0.0144. The van der Waals surface area contributed by atoms with Crippen molar-refractivity contribution in [3.8, 4) is 38.3 Å². The number of thiophene rings is 2. The monoisotopic (exact) mass is 677 g/mol. The van der Waals surface area contributed by atoms with Crippen LogP contribution in [0.1, 0.15) is 57.5 Å². The molecule has 0 radical (unpaired) electrons. The minimum atomic E-state index is 0.0144. The van der Waals surface area contributed by atoms with Gasteiger partial charge < -0.3 is 4.74 Å². The molecule has 0 aliphatic carbocycles. The van der Waals surface area contributed by atoms with Gasteiger partial charge in [-0.2, -0.15) is 0 Å². The number of ether oxygens (including phenoxy) is 1. The van der Waals surface area contributed by atoms with E-state index in [1.54, 1.807) is 22.7 Å². The van der Waals surface area contributed by atoms with E-state index < -0.39 is 0 Å². The highest BCUT2D eigenvalue weighted by Gasteiger charge is 2.20. The average Bonchev–Trinajstić information content (AvgIpc) is 3.77. The molecule has 0 aliphatic heterocycles. The topological polar surface area (TPSA) is 39.9 Å². The standard InChI is InChI=1S/C43H39N3OS2/c1-26-36(25-38(48-26)40-41-28(18-20-45-40)22-37(49-41)27-12-14-29(15-13-27)42(2,3)4)47-31-16-17-33-32-10-8-9-11-34(32)46(35(33)24-31)39-23-30(19-21-44-39)43(5,6)7/h8-25H,1-7H3. The molecular weight excluding hydrogens is 639 g/mol. The molecule has 0 amide bonds. The fraction of sp³-hybridized carbons (Fsp3) is 0.209. The predicted molar refractivity (Wildman–Crippen MR) is 209 cm³/mol. The molecule has 0 saturated carbocycles. The van der Waals surface area contributed by atoms with Crippen molar-refractivity contribution >= 4 is 54.6 Å². The Balaban J connectivity index is 1.16.